The van der Waals surface area contributed by atoms with Gasteiger partial charge in [0.15, 0.2) is 0 Å². The molecule has 94 valence electrons. The number of aromatic nitrogens is 2. The molecular weight excluding hydrogens is 212 g/mol. The highest BCUT2D eigenvalue weighted by atomic mass is 15.2. The summed E-state index contributed by atoms with van der Waals surface area (Å²) in [6.45, 7) is 4.70. The van der Waals surface area contributed by atoms with Gasteiger partial charge in [-0.25, -0.2) is 9.97 Å². The molecule has 0 amide bonds. The Labute approximate surface area is 103 Å². The Kier molecular flexibility index (Phi) is 3.22. The topological polar surface area (TPSA) is 55.0 Å². The summed E-state index contributed by atoms with van der Waals surface area (Å²) in [6, 6.07) is 0.562. The molecule has 0 saturated heterocycles. The average molecular weight is 234 g/mol. The van der Waals surface area contributed by atoms with E-state index in [1.54, 1.807) is 12.4 Å². The third kappa shape index (κ3) is 2.87. The second kappa shape index (κ2) is 4.51. The van der Waals surface area contributed by atoms with Crippen LogP contribution >= 0.6 is 0 Å². The van der Waals surface area contributed by atoms with Crippen LogP contribution in [-0.2, 0) is 0 Å². The maximum absolute atomic E-state index is 5.60. The largest absolute Gasteiger partial charge is 0.396 e. The molecular formula is C13H22N4. The minimum absolute atomic E-state index is 0.499. The van der Waals surface area contributed by atoms with Crippen molar-refractivity contribution in [3.63, 3.8) is 0 Å². The quantitative estimate of drug-likeness (QED) is 0.854. The third-order valence-corrected chi connectivity index (χ3v) is 3.83. The zero-order valence-corrected chi connectivity index (χ0v) is 11.0. The van der Waals surface area contributed by atoms with Gasteiger partial charge < -0.3 is 10.6 Å². The van der Waals surface area contributed by atoms with Crippen LogP contribution < -0.4 is 10.6 Å². The zero-order valence-electron chi connectivity index (χ0n) is 11.0. The maximum Gasteiger partial charge on any atom is 0.225 e. The number of nitrogen functional groups attached to an aromatic ring is 1. The Hall–Kier alpha value is -1.32. The summed E-state index contributed by atoms with van der Waals surface area (Å²) in [7, 11) is 2.08. The van der Waals surface area contributed by atoms with Gasteiger partial charge in [-0.3, -0.25) is 0 Å². The summed E-state index contributed by atoms with van der Waals surface area (Å²) < 4.78 is 0. The van der Waals surface area contributed by atoms with E-state index in [0.29, 0.717) is 17.1 Å². The lowest BCUT2D eigenvalue weighted by Crippen LogP contribution is -2.38. The van der Waals surface area contributed by atoms with Gasteiger partial charge in [-0.1, -0.05) is 13.8 Å². The molecule has 4 heteroatoms. The van der Waals surface area contributed by atoms with Crippen molar-refractivity contribution in [3.8, 4) is 0 Å². The third-order valence-electron chi connectivity index (χ3n) is 3.83. The van der Waals surface area contributed by atoms with Crippen LogP contribution in [0, 0.1) is 5.41 Å². The molecule has 1 aromatic heterocycles. The highest BCUT2D eigenvalue weighted by Gasteiger charge is 2.29. The van der Waals surface area contributed by atoms with E-state index in [1.165, 1.54) is 25.7 Å². The van der Waals surface area contributed by atoms with Crippen LogP contribution in [0.2, 0.25) is 0 Å². The lowest BCUT2D eigenvalue weighted by molar-refractivity contribution is 0.222. The fourth-order valence-corrected chi connectivity index (χ4v) is 2.45. The second-order valence-electron chi connectivity index (χ2n) is 5.82. The van der Waals surface area contributed by atoms with Gasteiger partial charge >= 0.3 is 0 Å². The van der Waals surface area contributed by atoms with E-state index in [0.717, 1.165) is 5.95 Å². The first-order valence-electron chi connectivity index (χ1n) is 6.28. The molecule has 2 N–H and O–H groups in total. The van der Waals surface area contributed by atoms with Gasteiger partial charge in [0.25, 0.3) is 0 Å². The monoisotopic (exact) mass is 234 g/mol. The van der Waals surface area contributed by atoms with E-state index in [4.69, 9.17) is 5.73 Å². The average Bonchev–Trinajstić information content (AvgIpc) is 2.29. The maximum atomic E-state index is 5.60. The Balaban J connectivity index is 2.01. The van der Waals surface area contributed by atoms with Crippen molar-refractivity contribution in [2.24, 2.45) is 5.41 Å². The smallest absolute Gasteiger partial charge is 0.225 e. The molecule has 1 aromatic rings. The van der Waals surface area contributed by atoms with Crippen molar-refractivity contribution in [2.75, 3.05) is 17.7 Å². The van der Waals surface area contributed by atoms with E-state index in [-0.39, 0.29) is 0 Å². The molecule has 2 rings (SSSR count). The van der Waals surface area contributed by atoms with Gasteiger partial charge in [-0.05, 0) is 31.1 Å². The van der Waals surface area contributed by atoms with Crippen LogP contribution in [0.1, 0.15) is 39.5 Å². The van der Waals surface area contributed by atoms with Gasteiger partial charge in [0.05, 0.1) is 18.1 Å². The van der Waals surface area contributed by atoms with E-state index >= 15 is 0 Å². The van der Waals surface area contributed by atoms with Crippen molar-refractivity contribution in [1.82, 2.24) is 9.97 Å². The van der Waals surface area contributed by atoms with Crippen LogP contribution in [0.5, 0.6) is 0 Å². The molecule has 0 radical (unpaired) electrons. The van der Waals surface area contributed by atoms with Crippen molar-refractivity contribution in [3.05, 3.63) is 12.4 Å². The number of hydrogen-bond acceptors (Lipinski definition) is 4. The Morgan fingerprint density at radius 1 is 1.24 bits per heavy atom. The number of anilines is 2. The second-order valence-corrected chi connectivity index (χ2v) is 5.82. The first-order valence-corrected chi connectivity index (χ1v) is 6.28. The molecule has 1 aliphatic carbocycles. The van der Waals surface area contributed by atoms with E-state index in [1.807, 2.05) is 0 Å². The van der Waals surface area contributed by atoms with E-state index in [9.17, 15) is 0 Å². The molecule has 0 spiro atoms. The minimum Gasteiger partial charge on any atom is -0.396 e. The molecule has 1 aliphatic rings. The van der Waals surface area contributed by atoms with Gasteiger partial charge in [0, 0.05) is 13.1 Å². The lowest BCUT2D eigenvalue weighted by Gasteiger charge is -2.38. The standard InChI is InChI=1S/C13H22N4/c1-13(2)6-4-11(5-7-13)17(3)12-15-8-10(14)9-16-12/h8-9,11H,4-7,14H2,1-3H3. The molecule has 1 heterocycles. The fourth-order valence-electron chi connectivity index (χ4n) is 2.45. The molecule has 0 aromatic carbocycles. The van der Waals surface area contributed by atoms with Crippen molar-refractivity contribution < 1.29 is 0 Å². The highest BCUT2D eigenvalue weighted by Crippen LogP contribution is 2.37. The molecule has 1 saturated carbocycles. The fraction of sp³-hybridized carbons (Fsp3) is 0.692. The van der Waals surface area contributed by atoms with E-state index < -0.39 is 0 Å². The van der Waals surface area contributed by atoms with Crippen molar-refractivity contribution in [2.45, 2.75) is 45.6 Å². The molecule has 0 atom stereocenters. The normalized spacial score (nSPS) is 20.2. The number of rotatable bonds is 2. The van der Waals surface area contributed by atoms with Crippen LogP contribution in [-0.4, -0.2) is 23.1 Å². The summed E-state index contributed by atoms with van der Waals surface area (Å²) in [5.41, 5.74) is 6.71. The van der Waals surface area contributed by atoms with Gasteiger partial charge in [0.1, 0.15) is 0 Å². The Bertz CT molecular complexity index is 362. The minimum atomic E-state index is 0.499. The first-order chi connectivity index (χ1) is 7.98. The first kappa shape index (κ1) is 12.1. The molecule has 0 unspecified atom stereocenters. The summed E-state index contributed by atoms with van der Waals surface area (Å²) in [6.07, 6.45) is 8.33. The van der Waals surface area contributed by atoms with Crippen molar-refractivity contribution in [1.29, 1.82) is 0 Å². The summed E-state index contributed by atoms with van der Waals surface area (Å²) in [5.74, 6) is 0.781. The van der Waals surface area contributed by atoms with Crippen LogP contribution in [0.25, 0.3) is 0 Å². The molecule has 17 heavy (non-hydrogen) atoms. The van der Waals surface area contributed by atoms with Gasteiger partial charge in [-0.15, -0.1) is 0 Å². The summed E-state index contributed by atoms with van der Waals surface area (Å²) >= 11 is 0. The molecule has 0 aliphatic heterocycles. The van der Waals surface area contributed by atoms with Gasteiger partial charge in [-0.2, -0.15) is 0 Å². The SMILES string of the molecule is CN(c1ncc(N)cn1)C1CCC(C)(C)CC1. The molecule has 0 bridgehead atoms. The summed E-state index contributed by atoms with van der Waals surface area (Å²) in [4.78, 5) is 10.7. The lowest BCUT2D eigenvalue weighted by atomic mass is 9.75. The number of nitrogens with two attached hydrogens (primary N) is 1. The van der Waals surface area contributed by atoms with Gasteiger partial charge in [0.2, 0.25) is 5.95 Å². The van der Waals surface area contributed by atoms with Crippen LogP contribution in [0.15, 0.2) is 12.4 Å². The number of nitrogens with zero attached hydrogens (tertiary/aromatic N) is 3. The predicted molar refractivity (Wildman–Crippen MR) is 70.9 cm³/mol. The number of hydrogen-bond donors (Lipinski definition) is 1. The molecule has 4 nitrogen and oxygen atoms in total. The highest BCUT2D eigenvalue weighted by molar-refractivity contribution is 5.38. The van der Waals surface area contributed by atoms with Crippen molar-refractivity contribution >= 4 is 11.6 Å². The zero-order chi connectivity index (χ0) is 12.5. The predicted octanol–water partition coefficient (Wildman–Crippen LogP) is 2.46. The van der Waals surface area contributed by atoms with Crippen LogP contribution in [0.4, 0.5) is 11.6 Å². The Morgan fingerprint density at radius 3 is 2.29 bits per heavy atom. The Morgan fingerprint density at radius 2 is 1.76 bits per heavy atom. The van der Waals surface area contributed by atoms with E-state index in [2.05, 4.69) is 35.8 Å². The molecule has 1 fully saturated rings. The van der Waals surface area contributed by atoms with Crippen LogP contribution in [0.3, 0.4) is 0 Å². The summed E-state index contributed by atoms with van der Waals surface area (Å²) in [5, 5.41) is 0.